The van der Waals surface area contributed by atoms with Crippen LogP contribution < -0.4 is 4.90 Å². The summed E-state index contributed by atoms with van der Waals surface area (Å²) >= 11 is 1.09. The first-order valence-corrected chi connectivity index (χ1v) is 8.88. The maximum atomic E-state index is 14.0. The summed E-state index contributed by atoms with van der Waals surface area (Å²) in [4.78, 5) is 20.6. The number of carbonyl (C=O) groups is 1. The van der Waals surface area contributed by atoms with E-state index < -0.39 is 11.6 Å². The van der Waals surface area contributed by atoms with E-state index in [1.807, 2.05) is 19.0 Å². The molecule has 1 aromatic carbocycles. The summed E-state index contributed by atoms with van der Waals surface area (Å²) < 4.78 is 29.4. The second-order valence-corrected chi connectivity index (χ2v) is 7.23. The van der Waals surface area contributed by atoms with Crippen LogP contribution in [0.25, 0.3) is 10.2 Å². The maximum absolute atomic E-state index is 14.0. The number of amides is 1. The minimum Gasteiger partial charge on any atom is -0.309 e. The van der Waals surface area contributed by atoms with Crippen LogP contribution in [0.1, 0.15) is 16.9 Å². The summed E-state index contributed by atoms with van der Waals surface area (Å²) in [6, 6.07) is 3.64. The van der Waals surface area contributed by atoms with Crippen molar-refractivity contribution in [1.29, 1.82) is 0 Å². The SMILES string of the molecule is CN(C)CCCN(C(=O)c1ccn(C)n1)c1nc2c(F)cc(F)cc2s1.Cl. The highest BCUT2D eigenvalue weighted by molar-refractivity contribution is 7.22. The van der Waals surface area contributed by atoms with Crippen molar-refractivity contribution in [3.05, 3.63) is 41.7 Å². The summed E-state index contributed by atoms with van der Waals surface area (Å²) in [5.74, 6) is -1.72. The zero-order chi connectivity index (χ0) is 18.8. The van der Waals surface area contributed by atoms with Gasteiger partial charge in [0.25, 0.3) is 5.91 Å². The third-order valence-corrected chi connectivity index (χ3v) is 4.82. The normalized spacial score (nSPS) is 11.0. The smallest absolute Gasteiger partial charge is 0.280 e. The van der Waals surface area contributed by atoms with E-state index >= 15 is 0 Å². The molecule has 27 heavy (non-hydrogen) atoms. The molecule has 3 aromatic rings. The van der Waals surface area contributed by atoms with Gasteiger partial charge in [0.1, 0.15) is 11.3 Å². The fraction of sp³-hybridized carbons (Fsp3) is 0.353. The number of thiazole rings is 1. The molecule has 10 heteroatoms. The van der Waals surface area contributed by atoms with Gasteiger partial charge in [0.15, 0.2) is 16.6 Å². The summed E-state index contributed by atoms with van der Waals surface area (Å²) in [6.07, 6.45) is 2.39. The lowest BCUT2D eigenvalue weighted by Gasteiger charge is -2.20. The number of carbonyl (C=O) groups excluding carboxylic acids is 1. The molecule has 1 amide bonds. The van der Waals surface area contributed by atoms with Gasteiger partial charge < -0.3 is 4.90 Å². The van der Waals surface area contributed by atoms with Crippen LogP contribution in [-0.4, -0.2) is 52.8 Å². The lowest BCUT2D eigenvalue weighted by molar-refractivity contribution is 0.0980. The van der Waals surface area contributed by atoms with Crippen LogP contribution >= 0.6 is 23.7 Å². The first-order valence-electron chi connectivity index (χ1n) is 8.07. The molecule has 0 N–H and O–H groups in total. The summed E-state index contributed by atoms with van der Waals surface area (Å²) in [5, 5.41) is 4.48. The molecule has 0 radical (unpaired) electrons. The Morgan fingerprint density at radius 1 is 1.26 bits per heavy atom. The third-order valence-electron chi connectivity index (χ3n) is 3.80. The topological polar surface area (TPSA) is 54.3 Å². The molecule has 146 valence electrons. The number of nitrogens with zero attached hydrogens (tertiary/aromatic N) is 5. The molecular formula is C17H20ClF2N5OS. The van der Waals surface area contributed by atoms with Crippen molar-refractivity contribution in [3.63, 3.8) is 0 Å². The molecule has 0 saturated heterocycles. The molecule has 2 heterocycles. The molecule has 0 fully saturated rings. The standard InChI is InChI=1S/C17H19F2N5OS.ClH/c1-22(2)6-4-7-24(16(25)13-5-8-23(3)21-13)17-20-15-12(19)9-11(18)10-14(15)26-17;/h5,8-10H,4,6-7H2,1-3H3;1H. The van der Waals surface area contributed by atoms with Crippen molar-refractivity contribution in [1.82, 2.24) is 19.7 Å². The predicted molar refractivity (Wildman–Crippen MR) is 105 cm³/mol. The summed E-state index contributed by atoms with van der Waals surface area (Å²) in [5.41, 5.74) is 0.348. The number of hydrogen-bond donors (Lipinski definition) is 0. The number of benzene rings is 1. The molecule has 0 aliphatic heterocycles. The monoisotopic (exact) mass is 415 g/mol. The first-order chi connectivity index (χ1) is 12.3. The highest BCUT2D eigenvalue weighted by Gasteiger charge is 2.24. The van der Waals surface area contributed by atoms with Crippen molar-refractivity contribution in [3.8, 4) is 0 Å². The minimum absolute atomic E-state index is 0. The average molecular weight is 416 g/mol. The van der Waals surface area contributed by atoms with E-state index in [9.17, 15) is 13.6 Å². The van der Waals surface area contributed by atoms with Crippen molar-refractivity contribution in [2.24, 2.45) is 7.05 Å². The molecule has 6 nitrogen and oxygen atoms in total. The van der Waals surface area contributed by atoms with Gasteiger partial charge in [-0.1, -0.05) is 11.3 Å². The van der Waals surface area contributed by atoms with Crippen LogP contribution in [0.4, 0.5) is 13.9 Å². The molecule has 3 rings (SSSR count). The van der Waals surface area contributed by atoms with Gasteiger partial charge >= 0.3 is 0 Å². The first kappa shape index (κ1) is 21.2. The fourth-order valence-electron chi connectivity index (χ4n) is 2.56. The second-order valence-electron chi connectivity index (χ2n) is 6.22. The number of anilines is 1. The van der Waals surface area contributed by atoms with Gasteiger partial charge in [-0.15, -0.1) is 12.4 Å². The maximum Gasteiger partial charge on any atom is 0.280 e. The molecule has 0 atom stereocenters. The van der Waals surface area contributed by atoms with Gasteiger partial charge in [-0.05, 0) is 39.2 Å². The second kappa shape index (κ2) is 8.73. The van der Waals surface area contributed by atoms with E-state index in [0.29, 0.717) is 22.8 Å². The Labute approximate surface area is 165 Å². The number of aromatic nitrogens is 3. The zero-order valence-electron chi connectivity index (χ0n) is 15.1. The average Bonchev–Trinajstić information content (AvgIpc) is 3.17. The van der Waals surface area contributed by atoms with Crippen LogP contribution in [0.3, 0.4) is 0 Å². The van der Waals surface area contributed by atoms with E-state index in [1.54, 1.807) is 24.0 Å². The Bertz CT molecular complexity index is 943. The van der Waals surface area contributed by atoms with Gasteiger partial charge in [0.2, 0.25) is 0 Å². The van der Waals surface area contributed by atoms with Gasteiger partial charge in [0.05, 0.1) is 4.70 Å². The zero-order valence-corrected chi connectivity index (χ0v) is 16.8. The summed E-state index contributed by atoms with van der Waals surface area (Å²) in [6.45, 7) is 1.18. The van der Waals surface area contributed by atoms with E-state index in [1.165, 1.54) is 11.0 Å². The lowest BCUT2D eigenvalue weighted by Crippen LogP contribution is -2.33. The van der Waals surface area contributed by atoms with Crippen LogP contribution in [-0.2, 0) is 7.05 Å². The lowest BCUT2D eigenvalue weighted by atomic mass is 10.3. The van der Waals surface area contributed by atoms with Gasteiger partial charge in [0, 0.05) is 25.9 Å². The summed E-state index contributed by atoms with van der Waals surface area (Å²) in [7, 11) is 5.62. The molecule has 0 saturated carbocycles. The van der Waals surface area contributed by atoms with Crippen LogP contribution in [0.15, 0.2) is 24.4 Å². The Kier molecular flexibility index (Phi) is 6.85. The highest BCUT2D eigenvalue weighted by atomic mass is 35.5. The molecule has 2 aromatic heterocycles. The molecule has 0 unspecified atom stereocenters. The van der Waals surface area contributed by atoms with Gasteiger partial charge in [-0.2, -0.15) is 5.10 Å². The largest absolute Gasteiger partial charge is 0.309 e. The predicted octanol–water partition coefficient (Wildman–Crippen LogP) is 3.33. The fourth-order valence-corrected chi connectivity index (χ4v) is 3.59. The van der Waals surface area contributed by atoms with E-state index in [-0.39, 0.29) is 29.5 Å². The van der Waals surface area contributed by atoms with Crippen molar-refractivity contribution >= 4 is 45.0 Å². The Morgan fingerprint density at radius 3 is 2.63 bits per heavy atom. The van der Waals surface area contributed by atoms with Gasteiger partial charge in [-0.25, -0.2) is 13.8 Å². The molecule has 0 aliphatic carbocycles. The Hall–Kier alpha value is -2.10. The van der Waals surface area contributed by atoms with Crippen molar-refractivity contribution < 1.29 is 13.6 Å². The van der Waals surface area contributed by atoms with E-state index in [0.717, 1.165) is 23.9 Å². The van der Waals surface area contributed by atoms with Crippen LogP contribution in [0, 0.1) is 11.6 Å². The third kappa shape index (κ3) is 4.79. The van der Waals surface area contributed by atoms with Gasteiger partial charge in [-0.3, -0.25) is 14.4 Å². The van der Waals surface area contributed by atoms with E-state index in [2.05, 4.69) is 10.1 Å². The Morgan fingerprint density at radius 2 is 2.00 bits per heavy atom. The number of aryl methyl sites for hydroxylation is 1. The molecular weight excluding hydrogens is 396 g/mol. The van der Waals surface area contributed by atoms with Crippen LogP contribution in [0.5, 0.6) is 0 Å². The molecule has 0 bridgehead atoms. The quantitative estimate of drug-likeness (QED) is 0.619. The molecule has 0 spiro atoms. The van der Waals surface area contributed by atoms with Crippen LogP contribution in [0.2, 0.25) is 0 Å². The van der Waals surface area contributed by atoms with Crippen molar-refractivity contribution in [2.45, 2.75) is 6.42 Å². The van der Waals surface area contributed by atoms with Crippen molar-refractivity contribution in [2.75, 3.05) is 32.1 Å². The number of fused-ring (bicyclic) bond motifs is 1. The minimum atomic E-state index is -0.735. The molecule has 0 aliphatic rings. The number of rotatable bonds is 6. The highest BCUT2D eigenvalue weighted by Crippen LogP contribution is 2.32. The Balaban J connectivity index is 0.00000261. The number of hydrogen-bond acceptors (Lipinski definition) is 5. The number of halogens is 3. The van der Waals surface area contributed by atoms with E-state index in [4.69, 9.17) is 0 Å².